The molecule has 0 radical (unpaired) electrons. The molecule has 1 aliphatic rings. The zero-order valence-corrected chi connectivity index (χ0v) is 16.6. The molecule has 1 aliphatic heterocycles. The summed E-state index contributed by atoms with van der Waals surface area (Å²) in [6, 6.07) is 7.23. The van der Waals surface area contributed by atoms with Gasteiger partial charge >= 0.3 is 0 Å². The number of thioether (sulfide) groups is 1. The first-order valence-electron chi connectivity index (χ1n) is 9.25. The summed E-state index contributed by atoms with van der Waals surface area (Å²) in [5, 5.41) is 3.06. The number of rotatable bonds is 7. The third-order valence-electron chi connectivity index (χ3n) is 4.60. The second kappa shape index (κ2) is 9.27. The van der Waals surface area contributed by atoms with Gasteiger partial charge in [0.25, 0.3) is 5.91 Å². The van der Waals surface area contributed by atoms with Crippen LogP contribution < -0.4 is 5.32 Å². The van der Waals surface area contributed by atoms with E-state index in [1.165, 1.54) is 0 Å². The van der Waals surface area contributed by atoms with E-state index in [-0.39, 0.29) is 23.2 Å². The summed E-state index contributed by atoms with van der Waals surface area (Å²) in [6.45, 7) is 8.99. The minimum atomic E-state index is -0.383. The molecule has 0 unspecified atom stereocenters. The van der Waals surface area contributed by atoms with Gasteiger partial charge in [-0.3, -0.25) is 9.59 Å². The molecule has 2 rings (SSSR count). The molecule has 0 spiro atoms. The lowest BCUT2D eigenvalue weighted by Gasteiger charge is -2.31. The lowest BCUT2D eigenvalue weighted by Crippen LogP contribution is -2.51. The standard InChI is InChI=1S/C20H30N2O2S/c1-5-6-9-12-21-18(23)17-13-25-20(14(2)3)22(17)19(24)16-11-8-7-10-15(16)4/h7-8,10-11,14,17,20H,5-6,9,12-13H2,1-4H3,(H,21,23)/t17-,20+/m1/s1. The van der Waals surface area contributed by atoms with Gasteiger partial charge in [-0.2, -0.15) is 0 Å². The minimum Gasteiger partial charge on any atom is -0.354 e. The van der Waals surface area contributed by atoms with Crippen LogP contribution in [0.4, 0.5) is 0 Å². The smallest absolute Gasteiger partial charge is 0.255 e. The molecule has 5 heteroatoms. The van der Waals surface area contributed by atoms with Crippen LogP contribution in [0.2, 0.25) is 0 Å². The number of carbonyl (C=O) groups is 2. The van der Waals surface area contributed by atoms with Crippen molar-refractivity contribution in [3.63, 3.8) is 0 Å². The highest BCUT2D eigenvalue weighted by atomic mass is 32.2. The van der Waals surface area contributed by atoms with Crippen LogP contribution in [-0.4, -0.2) is 40.4 Å². The van der Waals surface area contributed by atoms with E-state index < -0.39 is 0 Å². The number of unbranched alkanes of at least 4 members (excludes halogenated alkanes) is 2. The number of nitrogens with zero attached hydrogens (tertiary/aromatic N) is 1. The predicted molar refractivity (Wildman–Crippen MR) is 105 cm³/mol. The molecule has 138 valence electrons. The molecule has 25 heavy (non-hydrogen) atoms. The Hall–Kier alpha value is -1.49. The van der Waals surface area contributed by atoms with E-state index in [2.05, 4.69) is 26.1 Å². The van der Waals surface area contributed by atoms with Crippen LogP contribution in [0.1, 0.15) is 56.0 Å². The monoisotopic (exact) mass is 362 g/mol. The highest BCUT2D eigenvalue weighted by molar-refractivity contribution is 8.00. The van der Waals surface area contributed by atoms with Gasteiger partial charge in [0, 0.05) is 17.9 Å². The van der Waals surface area contributed by atoms with Crippen LogP contribution >= 0.6 is 11.8 Å². The zero-order valence-electron chi connectivity index (χ0n) is 15.7. The molecule has 0 bridgehead atoms. The Labute approximate surface area is 155 Å². The second-order valence-electron chi connectivity index (χ2n) is 7.01. The van der Waals surface area contributed by atoms with Crippen LogP contribution in [-0.2, 0) is 4.79 Å². The number of benzene rings is 1. The summed E-state index contributed by atoms with van der Waals surface area (Å²) >= 11 is 1.71. The lowest BCUT2D eigenvalue weighted by atomic mass is 10.0. The quantitative estimate of drug-likeness (QED) is 0.750. The average molecular weight is 363 g/mol. The van der Waals surface area contributed by atoms with Crippen molar-refractivity contribution in [3.8, 4) is 0 Å². The molecule has 0 saturated carbocycles. The maximum atomic E-state index is 13.2. The van der Waals surface area contributed by atoms with Crippen molar-refractivity contribution in [2.75, 3.05) is 12.3 Å². The molecule has 1 aromatic rings. The van der Waals surface area contributed by atoms with Crippen molar-refractivity contribution < 1.29 is 9.59 Å². The minimum absolute atomic E-state index is 0.0197. The fraction of sp³-hybridized carbons (Fsp3) is 0.600. The molecule has 1 heterocycles. The number of hydrogen-bond donors (Lipinski definition) is 1. The summed E-state index contributed by atoms with van der Waals surface area (Å²) in [6.07, 6.45) is 3.23. The molecule has 4 nitrogen and oxygen atoms in total. The summed E-state index contributed by atoms with van der Waals surface area (Å²) in [7, 11) is 0. The Morgan fingerprint density at radius 3 is 2.64 bits per heavy atom. The Morgan fingerprint density at radius 1 is 1.28 bits per heavy atom. The van der Waals surface area contributed by atoms with Gasteiger partial charge in [0.05, 0.1) is 5.37 Å². The molecule has 2 atom stereocenters. The number of carbonyl (C=O) groups excluding carboxylic acids is 2. The second-order valence-corrected chi connectivity index (χ2v) is 8.16. The van der Waals surface area contributed by atoms with Gasteiger partial charge in [-0.05, 0) is 30.9 Å². The molecule has 0 aromatic heterocycles. The molecule has 1 N–H and O–H groups in total. The predicted octanol–water partition coefficient (Wildman–Crippen LogP) is 3.84. The van der Waals surface area contributed by atoms with Crippen LogP contribution in [0.3, 0.4) is 0 Å². The number of hydrogen-bond acceptors (Lipinski definition) is 3. The lowest BCUT2D eigenvalue weighted by molar-refractivity contribution is -0.124. The fourth-order valence-corrected chi connectivity index (χ4v) is 4.64. The highest BCUT2D eigenvalue weighted by Crippen LogP contribution is 2.35. The van der Waals surface area contributed by atoms with E-state index >= 15 is 0 Å². The Morgan fingerprint density at radius 2 is 2.00 bits per heavy atom. The maximum absolute atomic E-state index is 13.2. The molecule has 0 aliphatic carbocycles. The summed E-state index contributed by atoms with van der Waals surface area (Å²) in [5.41, 5.74) is 1.65. The van der Waals surface area contributed by atoms with Crippen LogP contribution in [0.5, 0.6) is 0 Å². The largest absolute Gasteiger partial charge is 0.354 e. The number of aryl methyl sites for hydroxylation is 1. The van der Waals surface area contributed by atoms with E-state index in [1.54, 1.807) is 11.8 Å². The van der Waals surface area contributed by atoms with E-state index in [0.717, 1.165) is 24.8 Å². The third kappa shape index (κ3) is 4.78. The number of nitrogens with one attached hydrogen (secondary N) is 1. The van der Waals surface area contributed by atoms with Crippen molar-refractivity contribution in [2.24, 2.45) is 5.92 Å². The van der Waals surface area contributed by atoms with E-state index in [9.17, 15) is 9.59 Å². The first-order valence-corrected chi connectivity index (χ1v) is 10.3. The fourth-order valence-electron chi connectivity index (χ4n) is 3.16. The maximum Gasteiger partial charge on any atom is 0.255 e. The first kappa shape index (κ1) is 19.8. The Balaban J connectivity index is 2.17. The Bertz CT molecular complexity index is 603. The highest BCUT2D eigenvalue weighted by Gasteiger charge is 2.43. The van der Waals surface area contributed by atoms with Gasteiger partial charge in [-0.15, -0.1) is 11.8 Å². The van der Waals surface area contributed by atoms with Crippen molar-refractivity contribution in [1.82, 2.24) is 10.2 Å². The molecular weight excluding hydrogens is 332 g/mol. The van der Waals surface area contributed by atoms with Gasteiger partial charge in [-0.25, -0.2) is 0 Å². The van der Waals surface area contributed by atoms with Crippen molar-refractivity contribution in [3.05, 3.63) is 35.4 Å². The van der Waals surface area contributed by atoms with Crippen molar-refractivity contribution in [1.29, 1.82) is 0 Å². The third-order valence-corrected chi connectivity index (χ3v) is 6.22. The summed E-state index contributed by atoms with van der Waals surface area (Å²) in [5.74, 6) is 0.917. The zero-order chi connectivity index (χ0) is 18.4. The van der Waals surface area contributed by atoms with Crippen molar-refractivity contribution >= 4 is 23.6 Å². The SMILES string of the molecule is CCCCCNC(=O)[C@H]1CS[C@@H](C(C)C)N1C(=O)c1ccccc1C. The molecule has 2 amide bonds. The average Bonchev–Trinajstić information content (AvgIpc) is 3.04. The van der Waals surface area contributed by atoms with Gasteiger partial charge < -0.3 is 10.2 Å². The van der Waals surface area contributed by atoms with E-state index in [4.69, 9.17) is 0 Å². The van der Waals surface area contributed by atoms with E-state index in [0.29, 0.717) is 23.8 Å². The van der Waals surface area contributed by atoms with Crippen LogP contribution in [0.15, 0.2) is 24.3 Å². The summed E-state index contributed by atoms with van der Waals surface area (Å²) in [4.78, 5) is 27.7. The molecule has 1 fully saturated rings. The Kier molecular flexibility index (Phi) is 7.36. The van der Waals surface area contributed by atoms with Crippen LogP contribution in [0, 0.1) is 12.8 Å². The van der Waals surface area contributed by atoms with Crippen LogP contribution in [0.25, 0.3) is 0 Å². The van der Waals surface area contributed by atoms with Crippen molar-refractivity contribution in [2.45, 2.75) is 58.4 Å². The molecule has 1 saturated heterocycles. The van der Waals surface area contributed by atoms with E-state index in [1.807, 2.05) is 36.1 Å². The van der Waals surface area contributed by atoms with Gasteiger partial charge in [0.15, 0.2) is 0 Å². The van der Waals surface area contributed by atoms with Gasteiger partial charge in [-0.1, -0.05) is 51.8 Å². The van der Waals surface area contributed by atoms with Gasteiger partial charge in [0.1, 0.15) is 6.04 Å². The normalized spacial score (nSPS) is 20.1. The number of amides is 2. The first-order chi connectivity index (χ1) is 12.0. The topological polar surface area (TPSA) is 49.4 Å². The summed E-state index contributed by atoms with van der Waals surface area (Å²) < 4.78 is 0. The molecule has 1 aromatic carbocycles. The molecular formula is C20H30N2O2S. The van der Waals surface area contributed by atoms with Gasteiger partial charge in [0.2, 0.25) is 5.91 Å².